The molecular formula is C51H33Br3N4O2. The van der Waals surface area contributed by atoms with Gasteiger partial charge in [0.25, 0.3) is 0 Å². The summed E-state index contributed by atoms with van der Waals surface area (Å²) in [5.41, 5.74) is 14.9. The summed E-state index contributed by atoms with van der Waals surface area (Å²) >= 11 is 10.9. The minimum atomic E-state index is -0.371. The summed E-state index contributed by atoms with van der Waals surface area (Å²) in [6, 6.07) is 45.3. The number of aromatic nitrogens is 4. The number of hydrogen-bond donors (Lipinski definition) is 2. The van der Waals surface area contributed by atoms with Gasteiger partial charge in [-0.15, -0.1) is 0 Å². The lowest BCUT2D eigenvalue weighted by Crippen LogP contribution is -2.06. The first-order chi connectivity index (χ1) is 29.3. The minimum Gasteiger partial charge on any atom is -0.462 e. The van der Waals surface area contributed by atoms with E-state index < -0.39 is 0 Å². The second-order valence-electron chi connectivity index (χ2n) is 14.5. The second-order valence-corrected chi connectivity index (χ2v) is 17.2. The van der Waals surface area contributed by atoms with E-state index in [2.05, 4.69) is 161 Å². The number of nitrogens with one attached hydrogen (secondary N) is 2. The van der Waals surface area contributed by atoms with Gasteiger partial charge in [0.1, 0.15) is 0 Å². The summed E-state index contributed by atoms with van der Waals surface area (Å²) in [6.07, 6.45) is 8.35. The first-order valence-corrected chi connectivity index (χ1v) is 21.8. The number of benzene rings is 5. The topological polar surface area (TPSA) is 83.7 Å². The zero-order valence-corrected chi connectivity index (χ0v) is 36.8. The molecule has 0 atom stereocenters. The molecule has 10 rings (SSSR count). The van der Waals surface area contributed by atoms with E-state index in [0.29, 0.717) is 5.56 Å². The lowest BCUT2D eigenvalue weighted by Gasteiger charge is -2.13. The van der Waals surface area contributed by atoms with Crippen molar-refractivity contribution in [3.63, 3.8) is 0 Å². The van der Waals surface area contributed by atoms with E-state index in [4.69, 9.17) is 14.7 Å². The number of esters is 1. The van der Waals surface area contributed by atoms with Gasteiger partial charge < -0.3 is 14.7 Å². The van der Waals surface area contributed by atoms with Crippen molar-refractivity contribution < 1.29 is 9.53 Å². The molecule has 2 N–H and O–H groups in total. The maximum atomic E-state index is 13.6. The average molecular weight is 974 g/mol. The van der Waals surface area contributed by atoms with Crippen LogP contribution in [0.15, 0.2) is 147 Å². The van der Waals surface area contributed by atoms with Crippen LogP contribution in [0.3, 0.4) is 0 Å². The molecule has 0 fully saturated rings. The first-order valence-electron chi connectivity index (χ1n) is 19.5. The van der Waals surface area contributed by atoms with Crippen LogP contribution in [-0.2, 0) is 4.74 Å². The van der Waals surface area contributed by atoms with Crippen molar-refractivity contribution in [2.75, 3.05) is 6.61 Å². The van der Waals surface area contributed by atoms with Gasteiger partial charge in [0.2, 0.25) is 0 Å². The van der Waals surface area contributed by atoms with Crippen LogP contribution in [-0.4, -0.2) is 32.5 Å². The Morgan fingerprint density at radius 1 is 0.500 bits per heavy atom. The van der Waals surface area contributed by atoms with Gasteiger partial charge >= 0.3 is 5.97 Å². The van der Waals surface area contributed by atoms with Crippen LogP contribution in [0.1, 0.15) is 40.1 Å². The van der Waals surface area contributed by atoms with Crippen molar-refractivity contribution in [2.45, 2.75) is 6.92 Å². The summed E-state index contributed by atoms with van der Waals surface area (Å²) < 4.78 is 8.57. The van der Waals surface area contributed by atoms with Gasteiger partial charge in [0.15, 0.2) is 0 Å². The fourth-order valence-corrected chi connectivity index (χ4v) is 8.97. The van der Waals surface area contributed by atoms with Gasteiger partial charge in [-0.3, -0.25) is 0 Å². The third-order valence-corrected chi connectivity index (χ3v) is 12.4. The van der Waals surface area contributed by atoms with Crippen LogP contribution in [0.25, 0.3) is 102 Å². The molecule has 2 aliphatic heterocycles. The molecule has 2 aliphatic rings. The third kappa shape index (κ3) is 6.96. The Balaban J connectivity index is 1.39. The number of carbonyl (C=O) groups is 1. The Bertz CT molecular complexity index is 3210. The summed E-state index contributed by atoms with van der Waals surface area (Å²) in [6.45, 7) is 2.10. The zero-order chi connectivity index (χ0) is 40.9. The maximum absolute atomic E-state index is 13.6. The van der Waals surface area contributed by atoms with Gasteiger partial charge in [-0.05, 0) is 126 Å². The first kappa shape index (κ1) is 38.1. The Morgan fingerprint density at radius 3 is 1.30 bits per heavy atom. The number of halogens is 3. The van der Waals surface area contributed by atoms with Gasteiger partial charge in [-0.25, -0.2) is 14.8 Å². The Hall–Kier alpha value is -6.13. The van der Waals surface area contributed by atoms with Crippen molar-refractivity contribution >= 4 is 111 Å². The van der Waals surface area contributed by atoms with Crippen LogP contribution >= 0.6 is 47.8 Å². The third-order valence-electron chi connectivity index (χ3n) is 10.8. The predicted molar refractivity (Wildman–Crippen MR) is 257 cm³/mol. The number of rotatable bonds is 6. The fourth-order valence-electron chi connectivity index (χ4n) is 8.18. The summed E-state index contributed by atoms with van der Waals surface area (Å²) in [4.78, 5) is 32.1. The smallest absolute Gasteiger partial charge is 0.338 e. The number of nitrogens with zero attached hydrogens (tertiary/aromatic N) is 2. The summed E-state index contributed by atoms with van der Waals surface area (Å²) in [5, 5.41) is 1.72. The van der Waals surface area contributed by atoms with Crippen LogP contribution in [0, 0.1) is 0 Å². The Morgan fingerprint density at radius 2 is 0.883 bits per heavy atom. The average Bonchev–Trinajstić information content (AvgIpc) is 4.11. The molecule has 60 heavy (non-hydrogen) atoms. The van der Waals surface area contributed by atoms with Gasteiger partial charge in [0, 0.05) is 63.1 Å². The van der Waals surface area contributed by atoms with E-state index in [1.54, 1.807) is 0 Å². The van der Waals surface area contributed by atoms with E-state index in [-0.39, 0.29) is 12.6 Å². The molecule has 8 aromatic rings. The molecule has 8 bridgehead atoms. The molecule has 9 heteroatoms. The van der Waals surface area contributed by atoms with E-state index >= 15 is 0 Å². The van der Waals surface area contributed by atoms with Crippen molar-refractivity contribution in [1.82, 2.24) is 19.9 Å². The van der Waals surface area contributed by atoms with E-state index in [1.807, 2.05) is 61.5 Å². The Labute approximate surface area is 371 Å². The van der Waals surface area contributed by atoms with Crippen molar-refractivity contribution in [2.24, 2.45) is 0 Å². The summed E-state index contributed by atoms with van der Waals surface area (Å²) in [5.74, 6) is -0.371. The monoisotopic (exact) mass is 970 g/mol. The standard InChI is InChI=1S/C51H33Br3N4O2/c1-2-60-51(59)37-8-4-6-29-5-3-7-36(46(29)37)50-44-27-25-42(57-44)48(31-11-17-34(53)18-12-31)40-23-21-38(55-40)47(30-9-15-33(52)16-10-30)39-22-24-41(56-39)49(43-26-28-45(50)58-43)32-13-19-35(54)20-14-32/h3-28,55,58H,2H2,1H3. The van der Waals surface area contributed by atoms with Gasteiger partial charge in [-0.1, -0.05) is 115 Å². The summed E-state index contributed by atoms with van der Waals surface area (Å²) in [7, 11) is 0. The van der Waals surface area contributed by atoms with E-state index in [9.17, 15) is 4.79 Å². The lowest BCUT2D eigenvalue weighted by molar-refractivity contribution is 0.0528. The van der Waals surface area contributed by atoms with Crippen LogP contribution in [0.4, 0.5) is 0 Å². The van der Waals surface area contributed by atoms with Crippen LogP contribution in [0.5, 0.6) is 0 Å². The molecule has 5 heterocycles. The molecule has 0 saturated heterocycles. The lowest BCUT2D eigenvalue weighted by atomic mass is 9.93. The van der Waals surface area contributed by atoms with Crippen LogP contribution in [0.2, 0.25) is 0 Å². The maximum Gasteiger partial charge on any atom is 0.338 e. The highest BCUT2D eigenvalue weighted by Gasteiger charge is 2.22. The normalized spacial score (nSPS) is 12.0. The second kappa shape index (κ2) is 15.8. The molecule has 6 nitrogen and oxygen atoms in total. The SMILES string of the molecule is CCOC(=O)c1cccc2cccc(-c3c4nc(c(-c5ccc(Br)cc5)c5ccc([nH]5)c(-c5ccc(Br)cc5)c5nc(c(-c6ccc(Br)cc6)c6ccc3[nH]6)C=C5)C=C4)c12. The molecule has 0 radical (unpaired) electrons. The Kier molecular flexibility index (Phi) is 10.0. The van der Waals surface area contributed by atoms with Gasteiger partial charge in [0.05, 0.1) is 34.9 Å². The van der Waals surface area contributed by atoms with E-state index in [0.717, 1.165) is 114 Å². The molecule has 3 aromatic heterocycles. The highest BCUT2D eigenvalue weighted by molar-refractivity contribution is 9.11. The number of hydrogen-bond acceptors (Lipinski definition) is 4. The van der Waals surface area contributed by atoms with Crippen molar-refractivity contribution in [1.29, 1.82) is 0 Å². The molecule has 0 aliphatic carbocycles. The molecule has 0 spiro atoms. The number of fused-ring (bicyclic) bond motifs is 9. The number of H-pyrrole nitrogens is 2. The fraction of sp³-hybridized carbons (Fsp3) is 0.0392. The van der Waals surface area contributed by atoms with Crippen molar-refractivity contribution in [3.8, 4) is 44.5 Å². The predicted octanol–water partition coefficient (Wildman–Crippen LogP) is 14.9. The van der Waals surface area contributed by atoms with E-state index in [1.165, 1.54) is 0 Å². The van der Waals surface area contributed by atoms with Crippen molar-refractivity contribution in [3.05, 3.63) is 175 Å². The quantitative estimate of drug-likeness (QED) is 0.163. The molecule has 5 aromatic carbocycles. The number of ether oxygens (including phenoxy) is 1. The molecule has 0 amide bonds. The number of carbonyl (C=O) groups excluding carboxylic acids is 1. The zero-order valence-electron chi connectivity index (χ0n) is 32.1. The molecular weight excluding hydrogens is 940 g/mol. The van der Waals surface area contributed by atoms with Crippen LogP contribution < -0.4 is 0 Å². The molecule has 290 valence electrons. The highest BCUT2D eigenvalue weighted by atomic mass is 79.9. The molecule has 0 unspecified atom stereocenters. The van der Waals surface area contributed by atoms with Gasteiger partial charge in [-0.2, -0.15) is 0 Å². The minimum absolute atomic E-state index is 0.269. The number of aromatic amines is 2. The highest BCUT2D eigenvalue weighted by Crippen LogP contribution is 2.41. The largest absolute Gasteiger partial charge is 0.462 e. The molecule has 0 saturated carbocycles.